The summed E-state index contributed by atoms with van der Waals surface area (Å²) in [6, 6.07) is 9.99. The van der Waals surface area contributed by atoms with Gasteiger partial charge in [-0.3, -0.25) is 0 Å². The third kappa shape index (κ3) is 2.40. The number of rotatable bonds is 3. The molecular weight excluding hydrogens is 176 g/mol. The summed E-state index contributed by atoms with van der Waals surface area (Å²) in [4.78, 5) is 2.23. The monoisotopic (exact) mass is 190 g/mol. The van der Waals surface area contributed by atoms with E-state index in [2.05, 4.69) is 29.8 Å². The zero-order chi connectivity index (χ0) is 10.4. The molecular formula is C11H14N2O. The summed E-state index contributed by atoms with van der Waals surface area (Å²) < 4.78 is 0. The topological polar surface area (TPSA) is 30.7 Å². The highest BCUT2D eigenvalue weighted by Crippen LogP contribution is 2.14. The van der Waals surface area contributed by atoms with Gasteiger partial charge in [-0.25, -0.2) is 0 Å². The van der Waals surface area contributed by atoms with Crippen molar-refractivity contribution in [1.82, 2.24) is 0 Å². The Morgan fingerprint density at radius 2 is 1.79 bits per heavy atom. The molecule has 0 bridgehead atoms. The minimum atomic E-state index is 0.718. The summed E-state index contributed by atoms with van der Waals surface area (Å²) in [5.41, 5.74) is 1.88. The van der Waals surface area contributed by atoms with Crippen molar-refractivity contribution in [2.24, 2.45) is 0 Å². The molecule has 0 N–H and O–H groups in total. The first-order valence-corrected chi connectivity index (χ1v) is 4.75. The molecule has 0 radical (unpaired) electrons. The van der Waals surface area contributed by atoms with Crippen LogP contribution in [-0.2, 0) is 0 Å². The van der Waals surface area contributed by atoms with Gasteiger partial charge in [-0.15, -0.1) is 0 Å². The summed E-state index contributed by atoms with van der Waals surface area (Å²) in [6.45, 7) is 6.19. The average Bonchev–Trinajstić information content (AvgIpc) is 2.23. The Hall–Kier alpha value is -1.69. The molecule has 0 aliphatic carbocycles. The molecule has 0 fully saturated rings. The maximum Gasteiger partial charge on any atom is 0.336 e. The molecule has 0 aliphatic rings. The summed E-state index contributed by atoms with van der Waals surface area (Å²) in [5.74, 6) is 0. The number of hydrogen-bond acceptors (Lipinski definition) is 2. The van der Waals surface area contributed by atoms with Crippen LogP contribution in [0.1, 0.15) is 19.4 Å². The molecule has 1 rings (SSSR count). The Labute approximate surface area is 84.4 Å². The normalized spacial score (nSPS) is 9.00. The van der Waals surface area contributed by atoms with Crippen molar-refractivity contribution < 1.29 is 0 Å². The molecule has 14 heavy (non-hydrogen) atoms. The highest BCUT2D eigenvalue weighted by molar-refractivity contribution is 5.49. The Morgan fingerprint density at radius 3 is 2.21 bits per heavy atom. The zero-order valence-electron chi connectivity index (χ0n) is 8.53. The molecule has 1 aromatic rings. The number of hydrogen-bond donors (Lipinski definition) is 0. The molecule has 0 aromatic heterocycles. The molecule has 0 saturated carbocycles. The fourth-order valence-corrected chi connectivity index (χ4v) is 1.39. The second-order valence-electron chi connectivity index (χ2n) is 2.92. The highest BCUT2D eigenvalue weighted by atomic mass is 16.4. The lowest BCUT2D eigenvalue weighted by atomic mass is 10.2. The van der Waals surface area contributed by atoms with Crippen molar-refractivity contribution in [3.8, 4) is 6.07 Å². The van der Waals surface area contributed by atoms with Gasteiger partial charge in [0, 0.05) is 23.8 Å². The summed E-state index contributed by atoms with van der Waals surface area (Å²) in [7, 11) is 0. The standard InChI is InChI=1S/C11H14N2O/c1-3-13(4-2)11-7-5-10(6-8-11)9-12-14/h5-8H,3-4H2,1-2H3. The van der Waals surface area contributed by atoms with E-state index < -0.39 is 0 Å². The first-order valence-electron chi connectivity index (χ1n) is 4.75. The number of benzene rings is 1. The maximum absolute atomic E-state index is 9.93. The van der Waals surface area contributed by atoms with Crippen LogP contribution in [0.5, 0.6) is 0 Å². The van der Waals surface area contributed by atoms with Crippen molar-refractivity contribution in [1.29, 1.82) is 0 Å². The average molecular weight is 190 g/mol. The van der Waals surface area contributed by atoms with Gasteiger partial charge in [0.1, 0.15) is 5.56 Å². The Kier molecular flexibility index (Phi) is 3.81. The molecule has 0 atom stereocenters. The van der Waals surface area contributed by atoms with E-state index in [9.17, 15) is 5.21 Å². The lowest BCUT2D eigenvalue weighted by Gasteiger charge is -2.20. The van der Waals surface area contributed by atoms with E-state index in [1.807, 2.05) is 24.3 Å². The lowest BCUT2D eigenvalue weighted by Crippen LogP contribution is -2.21. The van der Waals surface area contributed by atoms with Crippen LogP contribution in [0.3, 0.4) is 0 Å². The third-order valence-corrected chi connectivity index (χ3v) is 2.17. The van der Waals surface area contributed by atoms with Crippen molar-refractivity contribution in [3.05, 3.63) is 40.0 Å². The van der Waals surface area contributed by atoms with E-state index >= 15 is 0 Å². The van der Waals surface area contributed by atoms with Gasteiger partial charge in [-0.1, -0.05) is 0 Å². The highest BCUT2D eigenvalue weighted by Gasteiger charge is 2.01. The van der Waals surface area contributed by atoms with Crippen LogP contribution in [0.4, 0.5) is 5.69 Å². The van der Waals surface area contributed by atoms with E-state index in [0.717, 1.165) is 24.3 Å². The van der Waals surface area contributed by atoms with Gasteiger partial charge in [0.15, 0.2) is 0 Å². The van der Waals surface area contributed by atoms with Crippen LogP contribution < -0.4 is 4.90 Å². The Balaban J connectivity index is 2.85. The van der Waals surface area contributed by atoms with Crippen LogP contribution in [0.2, 0.25) is 0 Å². The van der Waals surface area contributed by atoms with Crippen LogP contribution in [0, 0.1) is 11.3 Å². The second kappa shape index (κ2) is 5.13. The molecule has 0 heterocycles. The minimum Gasteiger partial charge on any atom is -0.498 e. The Morgan fingerprint density at radius 1 is 1.21 bits per heavy atom. The predicted octanol–water partition coefficient (Wildman–Crippen LogP) is 2.71. The van der Waals surface area contributed by atoms with E-state index in [-0.39, 0.29) is 0 Å². The lowest BCUT2D eigenvalue weighted by molar-refractivity contribution is 0.866. The molecule has 0 saturated heterocycles. The van der Waals surface area contributed by atoms with Crippen LogP contribution in [0.25, 0.3) is 5.01 Å². The Bertz CT molecular complexity index is 331. The van der Waals surface area contributed by atoms with E-state index in [0.29, 0.717) is 0 Å². The van der Waals surface area contributed by atoms with Crippen molar-refractivity contribution in [2.45, 2.75) is 13.8 Å². The quantitative estimate of drug-likeness (QED) is 0.686. The van der Waals surface area contributed by atoms with Crippen LogP contribution in [0.15, 0.2) is 24.3 Å². The van der Waals surface area contributed by atoms with Gasteiger partial charge in [0.2, 0.25) is 0 Å². The van der Waals surface area contributed by atoms with Crippen LogP contribution >= 0.6 is 0 Å². The summed E-state index contributed by atoms with van der Waals surface area (Å²) in [5, 5.41) is 12.5. The summed E-state index contributed by atoms with van der Waals surface area (Å²) >= 11 is 0. The van der Waals surface area contributed by atoms with E-state index in [1.165, 1.54) is 0 Å². The van der Waals surface area contributed by atoms with Crippen molar-refractivity contribution >= 4 is 5.69 Å². The molecule has 1 aromatic carbocycles. The van der Waals surface area contributed by atoms with E-state index in [4.69, 9.17) is 0 Å². The maximum atomic E-state index is 9.93. The van der Waals surface area contributed by atoms with Crippen molar-refractivity contribution in [2.75, 3.05) is 18.0 Å². The molecule has 0 amide bonds. The zero-order valence-corrected chi connectivity index (χ0v) is 8.53. The predicted molar refractivity (Wildman–Crippen MR) is 59.7 cm³/mol. The smallest absolute Gasteiger partial charge is 0.336 e. The largest absolute Gasteiger partial charge is 0.498 e. The first kappa shape index (κ1) is 10.4. The molecule has 0 spiro atoms. The summed E-state index contributed by atoms with van der Waals surface area (Å²) in [6.07, 6.45) is 0. The minimum absolute atomic E-state index is 0.718. The van der Waals surface area contributed by atoms with Gasteiger partial charge in [-0.2, -0.15) is 0 Å². The van der Waals surface area contributed by atoms with Gasteiger partial charge in [0.25, 0.3) is 0 Å². The third-order valence-electron chi connectivity index (χ3n) is 2.17. The number of nitrogens with zero attached hydrogens (tertiary/aromatic N) is 2. The molecule has 3 heteroatoms. The van der Waals surface area contributed by atoms with Gasteiger partial charge in [-0.05, 0) is 38.1 Å². The first-order chi connectivity index (χ1) is 6.81. The molecule has 3 nitrogen and oxygen atoms in total. The number of anilines is 1. The van der Waals surface area contributed by atoms with Gasteiger partial charge in [0.05, 0.1) is 0 Å². The van der Waals surface area contributed by atoms with Gasteiger partial charge >= 0.3 is 6.07 Å². The van der Waals surface area contributed by atoms with Crippen LogP contribution in [-0.4, -0.2) is 13.1 Å². The SMILES string of the molecule is CCN(CC)c1ccc(C#[N+][O-])cc1. The fourth-order valence-electron chi connectivity index (χ4n) is 1.39. The fraction of sp³-hybridized carbons (Fsp3) is 0.364. The molecule has 0 aliphatic heterocycles. The second-order valence-corrected chi connectivity index (χ2v) is 2.92. The molecule has 74 valence electrons. The van der Waals surface area contributed by atoms with Crippen molar-refractivity contribution in [3.63, 3.8) is 0 Å². The van der Waals surface area contributed by atoms with E-state index in [1.54, 1.807) is 0 Å². The molecule has 0 unspecified atom stereocenters. The van der Waals surface area contributed by atoms with Gasteiger partial charge < -0.3 is 10.1 Å².